The molecule has 6 nitrogen and oxygen atoms in total. The Hall–Kier alpha value is -2.25. The lowest BCUT2D eigenvalue weighted by Crippen LogP contribution is -2.46. The quantitative estimate of drug-likeness (QED) is 0.754. The van der Waals surface area contributed by atoms with E-state index in [1.54, 1.807) is 16.6 Å². The number of benzene rings is 1. The van der Waals surface area contributed by atoms with E-state index in [4.69, 9.17) is 4.74 Å². The number of hydrogen-bond donors (Lipinski definition) is 0. The number of hydrogen-bond acceptors (Lipinski definition) is 5. The Bertz CT molecular complexity index is 806. The topological polar surface area (TPSA) is 62.7 Å². The number of nitrogens with zero attached hydrogens (tertiary/aromatic N) is 3. The molecule has 1 saturated carbocycles. The molecule has 154 valence electrons. The minimum absolute atomic E-state index is 0.0283. The van der Waals surface area contributed by atoms with Gasteiger partial charge in [-0.25, -0.2) is 0 Å². The average Bonchev–Trinajstić information content (AvgIpc) is 3.24. The third kappa shape index (κ3) is 5.03. The first-order chi connectivity index (χ1) is 14.2. The van der Waals surface area contributed by atoms with E-state index in [2.05, 4.69) is 4.98 Å². The summed E-state index contributed by atoms with van der Waals surface area (Å²) in [5.74, 6) is -0.111. The highest BCUT2D eigenvalue weighted by Gasteiger charge is 2.35. The van der Waals surface area contributed by atoms with Crippen molar-refractivity contribution in [1.29, 1.82) is 0 Å². The molecule has 0 N–H and O–H groups in total. The predicted molar refractivity (Wildman–Crippen MR) is 112 cm³/mol. The van der Waals surface area contributed by atoms with Gasteiger partial charge in [0, 0.05) is 19.1 Å². The molecule has 2 heterocycles. The standard InChI is InChI=1S/C22H27N3O3S/c26-21-14-24(22(27)20-11-23-16-29-20)12-19(28-15-17-7-3-1-4-8-17)13-25(21)18-9-5-2-6-10-18/h1,3-4,7-8,11,16,18-19H,2,5-6,9-10,12-15H2/t19-/m0/s1. The van der Waals surface area contributed by atoms with Crippen LogP contribution in [0.3, 0.4) is 0 Å². The Labute approximate surface area is 175 Å². The Balaban J connectivity index is 1.51. The van der Waals surface area contributed by atoms with Crippen LogP contribution in [-0.4, -0.2) is 58.4 Å². The molecule has 0 bridgehead atoms. The second-order valence-corrected chi connectivity index (χ2v) is 8.69. The monoisotopic (exact) mass is 413 g/mol. The van der Waals surface area contributed by atoms with Crippen LogP contribution in [-0.2, 0) is 16.1 Å². The summed E-state index contributed by atoms with van der Waals surface area (Å²) in [6, 6.07) is 10.3. The minimum atomic E-state index is -0.208. The van der Waals surface area contributed by atoms with Crippen LogP contribution in [0.1, 0.15) is 47.3 Å². The number of aromatic nitrogens is 1. The van der Waals surface area contributed by atoms with Crippen LogP contribution in [0, 0.1) is 0 Å². The highest BCUT2D eigenvalue weighted by molar-refractivity contribution is 7.11. The summed E-state index contributed by atoms with van der Waals surface area (Å²) in [6.07, 6.45) is 7.00. The normalized spacial score (nSPS) is 21.2. The predicted octanol–water partition coefficient (Wildman–Crippen LogP) is 3.35. The van der Waals surface area contributed by atoms with E-state index in [1.165, 1.54) is 17.8 Å². The molecule has 1 atom stereocenters. The average molecular weight is 414 g/mol. The van der Waals surface area contributed by atoms with Crippen molar-refractivity contribution in [1.82, 2.24) is 14.8 Å². The van der Waals surface area contributed by atoms with E-state index in [0.29, 0.717) is 24.6 Å². The first-order valence-corrected chi connectivity index (χ1v) is 11.2. The van der Waals surface area contributed by atoms with Crippen molar-refractivity contribution in [3.05, 3.63) is 52.5 Å². The lowest BCUT2D eigenvalue weighted by molar-refractivity contribution is -0.134. The van der Waals surface area contributed by atoms with Crippen molar-refractivity contribution in [3.8, 4) is 0 Å². The Morgan fingerprint density at radius 3 is 2.66 bits per heavy atom. The van der Waals surface area contributed by atoms with Crippen LogP contribution in [0.2, 0.25) is 0 Å². The van der Waals surface area contributed by atoms with Crippen molar-refractivity contribution in [3.63, 3.8) is 0 Å². The molecular weight excluding hydrogens is 386 g/mol. The van der Waals surface area contributed by atoms with E-state index in [9.17, 15) is 9.59 Å². The van der Waals surface area contributed by atoms with Crippen LogP contribution in [0.15, 0.2) is 42.0 Å². The van der Waals surface area contributed by atoms with Crippen LogP contribution < -0.4 is 0 Å². The molecule has 2 amide bonds. The molecule has 0 radical (unpaired) electrons. The second-order valence-electron chi connectivity index (χ2n) is 7.81. The molecule has 1 aliphatic carbocycles. The van der Waals surface area contributed by atoms with Crippen molar-refractivity contribution in [2.75, 3.05) is 19.6 Å². The second kappa shape index (κ2) is 9.50. The molecular formula is C22H27N3O3S. The minimum Gasteiger partial charge on any atom is -0.370 e. The molecule has 1 aromatic heterocycles. The fourth-order valence-electron chi connectivity index (χ4n) is 4.21. The summed E-state index contributed by atoms with van der Waals surface area (Å²) in [7, 11) is 0. The number of carbonyl (C=O) groups is 2. The van der Waals surface area contributed by atoms with Gasteiger partial charge >= 0.3 is 0 Å². The molecule has 4 rings (SSSR count). The van der Waals surface area contributed by atoms with Crippen molar-refractivity contribution >= 4 is 23.2 Å². The van der Waals surface area contributed by atoms with Gasteiger partial charge in [0.25, 0.3) is 5.91 Å². The van der Waals surface area contributed by atoms with Gasteiger partial charge in [-0.05, 0) is 18.4 Å². The van der Waals surface area contributed by atoms with E-state index in [1.807, 2.05) is 35.2 Å². The Kier molecular flexibility index (Phi) is 6.56. The molecule has 7 heteroatoms. The summed E-state index contributed by atoms with van der Waals surface area (Å²) in [4.78, 5) is 34.2. The smallest absolute Gasteiger partial charge is 0.266 e. The van der Waals surface area contributed by atoms with Crippen LogP contribution in [0.5, 0.6) is 0 Å². The molecule has 1 aliphatic heterocycles. The summed E-state index contributed by atoms with van der Waals surface area (Å²) < 4.78 is 6.22. The Morgan fingerprint density at radius 1 is 1.14 bits per heavy atom. The maximum Gasteiger partial charge on any atom is 0.266 e. The third-order valence-electron chi connectivity index (χ3n) is 5.75. The molecule has 1 saturated heterocycles. The van der Waals surface area contributed by atoms with E-state index in [-0.39, 0.29) is 30.5 Å². The van der Waals surface area contributed by atoms with Gasteiger partial charge in [-0.15, -0.1) is 11.3 Å². The first kappa shape index (κ1) is 20.0. The number of ether oxygens (including phenoxy) is 1. The maximum atomic E-state index is 13.1. The van der Waals surface area contributed by atoms with Gasteiger partial charge in [0.05, 0.1) is 24.4 Å². The third-order valence-corrected chi connectivity index (χ3v) is 6.51. The molecule has 2 fully saturated rings. The molecule has 1 aromatic carbocycles. The van der Waals surface area contributed by atoms with Gasteiger partial charge in [-0.3, -0.25) is 14.6 Å². The van der Waals surface area contributed by atoms with Crippen molar-refractivity contribution < 1.29 is 14.3 Å². The van der Waals surface area contributed by atoms with Crippen molar-refractivity contribution in [2.45, 2.75) is 50.9 Å². The largest absolute Gasteiger partial charge is 0.370 e. The lowest BCUT2D eigenvalue weighted by atomic mass is 9.94. The van der Waals surface area contributed by atoms with Gasteiger partial charge in [-0.2, -0.15) is 0 Å². The number of amides is 2. The summed E-state index contributed by atoms with van der Waals surface area (Å²) in [5.41, 5.74) is 2.73. The van der Waals surface area contributed by atoms with Gasteiger partial charge in [-0.1, -0.05) is 49.6 Å². The molecule has 2 aromatic rings. The lowest BCUT2D eigenvalue weighted by Gasteiger charge is -2.34. The van der Waals surface area contributed by atoms with E-state index in [0.717, 1.165) is 31.2 Å². The SMILES string of the molecule is O=C(c1cncs1)N1CC(=O)N(C2CCCCC2)C[C@@H](OCc2ccccc2)C1. The van der Waals surface area contributed by atoms with Crippen LogP contribution >= 0.6 is 11.3 Å². The first-order valence-electron chi connectivity index (χ1n) is 10.3. The highest BCUT2D eigenvalue weighted by Crippen LogP contribution is 2.25. The zero-order chi connectivity index (χ0) is 20.1. The van der Waals surface area contributed by atoms with Gasteiger partial charge in [0.15, 0.2) is 0 Å². The van der Waals surface area contributed by atoms with Crippen molar-refractivity contribution in [2.24, 2.45) is 0 Å². The summed E-state index contributed by atoms with van der Waals surface area (Å²) in [6.45, 7) is 1.54. The zero-order valence-corrected chi connectivity index (χ0v) is 17.4. The number of carbonyl (C=O) groups excluding carboxylic acids is 2. The highest BCUT2D eigenvalue weighted by atomic mass is 32.1. The molecule has 0 spiro atoms. The number of thiazole rings is 1. The van der Waals surface area contributed by atoms with E-state index >= 15 is 0 Å². The summed E-state index contributed by atoms with van der Waals surface area (Å²) in [5, 5.41) is 0. The molecule has 2 aliphatic rings. The summed E-state index contributed by atoms with van der Waals surface area (Å²) >= 11 is 1.30. The van der Waals surface area contributed by atoms with Crippen LogP contribution in [0.4, 0.5) is 0 Å². The Morgan fingerprint density at radius 2 is 1.93 bits per heavy atom. The van der Waals surface area contributed by atoms with Gasteiger partial charge in [0.2, 0.25) is 5.91 Å². The number of rotatable bonds is 5. The fourth-order valence-corrected chi connectivity index (χ4v) is 4.80. The molecule has 0 unspecified atom stereocenters. The van der Waals surface area contributed by atoms with Gasteiger partial charge < -0.3 is 14.5 Å². The molecule has 29 heavy (non-hydrogen) atoms. The zero-order valence-electron chi connectivity index (χ0n) is 16.5. The van der Waals surface area contributed by atoms with E-state index < -0.39 is 0 Å². The van der Waals surface area contributed by atoms with Gasteiger partial charge in [0.1, 0.15) is 11.4 Å². The fraction of sp³-hybridized carbons (Fsp3) is 0.500. The van der Waals surface area contributed by atoms with Crippen LogP contribution in [0.25, 0.3) is 0 Å². The maximum absolute atomic E-state index is 13.1.